The number of carbonyl (C=O) groups is 1. The summed E-state index contributed by atoms with van der Waals surface area (Å²) in [7, 11) is 1.43. The van der Waals surface area contributed by atoms with Crippen LogP contribution in [0.3, 0.4) is 0 Å². The van der Waals surface area contributed by atoms with Gasteiger partial charge in [0.15, 0.2) is 23.5 Å². The summed E-state index contributed by atoms with van der Waals surface area (Å²) in [4.78, 5) is 22.0. The molecule has 1 fully saturated rings. The first-order valence-corrected chi connectivity index (χ1v) is 11.9. The highest BCUT2D eigenvalue weighted by molar-refractivity contribution is 6.31. The van der Waals surface area contributed by atoms with Crippen LogP contribution in [0.25, 0.3) is 10.9 Å². The average Bonchev–Trinajstić information content (AvgIpc) is 2.84. The van der Waals surface area contributed by atoms with Crippen molar-refractivity contribution in [3.05, 3.63) is 47.2 Å². The molecule has 2 heterocycles. The van der Waals surface area contributed by atoms with E-state index < -0.39 is 40.6 Å². The van der Waals surface area contributed by atoms with Gasteiger partial charge in [-0.2, -0.15) is 0 Å². The van der Waals surface area contributed by atoms with E-state index in [4.69, 9.17) is 25.8 Å². The third-order valence-corrected chi connectivity index (χ3v) is 5.97. The molecule has 4 rings (SSSR count). The fourth-order valence-corrected chi connectivity index (χ4v) is 4.00. The van der Waals surface area contributed by atoms with Crippen LogP contribution in [-0.2, 0) is 4.74 Å². The molecule has 1 aliphatic heterocycles. The second kappa shape index (κ2) is 10.5. The minimum atomic E-state index is -1.48. The van der Waals surface area contributed by atoms with Crippen molar-refractivity contribution in [3.8, 4) is 11.5 Å². The van der Waals surface area contributed by atoms with Gasteiger partial charge in [-0.1, -0.05) is 11.6 Å². The number of hydrogen-bond donors (Lipinski definition) is 1. The lowest BCUT2D eigenvalue weighted by molar-refractivity contribution is -0.0109. The Morgan fingerprint density at radius 3 is 2.62 bits per heavy atom. The van der Waals surface area contributed by atoms with Gasteiger partial charge >= 0.3 is 6.09 Å². The van der Waals surface area contributed by atoms with E-state index in [1.807, 2.05) is 0 Å². The molecule has 1 aromatic heterocycles. The second-order valence-corrected chi connectivity index (χ2v) is 9.86. The van der Waals surface area contributed by atoms with E-state index in [0.717, 1.165) is 6.07 Å². The standard InChI is InChI=1S/C25H26ClF3N4O4/c1-25(2,3)37-24(34)33-8-7-18(15(28)11-33)36-20-9-13-17(10-19(20)35-4)30-12-31-23(13)32-16-6-5-14(27)21(26)22(16)29/h5-6,9-10,12,15,18H,7-8,11H2,1-4H3,(H,30,31,32). The molecule has 1 aliphatic rings. The third-order valence-electron chi connectivity index (χ3n) is 5.62. The topological polar surface area (TPSA) is 85.8 Å². The van der Waals surface area contributed by atoms with Gasteiger partial charge in [-0.25, -0.2) is 27.9 Å². The zero-order valence-corrected chi connectivity index (χ0v) is 21.4. The van der Waals surface area contributed by atoms with Gasteiger partial charge in [0, 0.05) is 24.4 Å². The molecule has 12 heteroatoms. The maximum absolute atomic E-state index is 15.1. The normalized spacial score (nSPS) is 18.0. The molecule has 1 N–H and O–H groups in total. The van der Waals surface area contributed by atoms with Crippen LogP contribution >= 0.6 is 11.6 Å². The number of halogens is 4. The van der Waals surface area contributed by atoms with Gasteiger partial charge < -0.3 is 24.4 Å². The smallest absolute Gasteiger partial charge is 0.410 e. The molecule has 2 aromatic carbocycles. The maximum atomic E-state index is 15.1. The molecule has 2 atom stereocenters. The maximum Gasteiger partial charge on any atom is 0.410 e. The van der Waals surface area contributed by atoms with Crippen LogP contribution < -0.4 is 14.8 Å². The lowest BCUT2D eigenvalue weighted by Crippen LogP contribution is -2.50. The van der Waals surface area contributed by atoms with Crippen LogP contribution in [0, 0.1) is 11.6 Å². The zero-order chi connectivity index (χ0) is 26.9. The summed E-state index contributed by atoms with van der Waals surface area (Å²) in [5.74, 6) is -1.17. The molecule has 8 nitrogen and oxygen atoms in total. The van der Waals surface area contributed by atoms with Crippen molar-refractivity contribution in [2.75, 3.05) is 25.5 Å². The Morgan fingerprint density at radius 2 is 1.95 bits per heavy atom. The van der Waals surface area contributed by atoms with E-state index in [9.17, 15) is 13.6 Å². The highest BCUT2D eigenvalue weighted by Gasteiger charge is 2.35. The quantitative estimate of drug-likeness (QED) is 0.396. The molecule has 0 saturated carbocycles. The van der Waals surface area contributed by atoms with Crippen molar-refractivity contribution in [2.24, 2.45) is 0 Å². The predicted octanol–water partition coefficient (Wildman–Crippen LogP) is 6.04. The average molecular weight is 539 g/mol. The summed E-state index contributed by atoms with van der Waals surface area (Å²) in [6, 6.07) is 5.35. The Bertz CT molecular complexity index is 1320. The van der Waals surface area contributed by atoms with Crippen LogP contribution in [0.2, 0.25) is 5.02 Å². The fourth-order valence-electron chi connectivity index (χ4n) is 3.84. The number of likely N-dealkylation sites (tertiary alicyclic amines) is 1. The predicted molar refractivity (Wildman–Crippen MR) is 132 cm³/mol. The molecule has 0 bridgehead atoms. The molecule has 198 valence electrons. The lowest BCUT2D eigenvalue weighted by atomic mass is 10.1. The van der Waals surface area contributed by atoms with Gasteiger partial charge in [-0.15, -0.1) is 0 Å². The summed E-state index contributed by atoms with van der Waals surface area (Å²) < 4.78 is 59.8. The number of hydrogen-bond acceptors (Lipinski definition) is 7. The summed E-state index contributed by atoms with van der Waals surface area (Å²) >= 11 is 5.69. The number of nitrogens with one attached hydrogen (secondary N) is 1. The Labute approximate surface area is 216 Å². The third kappa shape index (κ3) is 5.93. The van der Waals surface area contributed by atoms with Gasteiger partial charge in [-0.3, -0.25) is 0 Å². The number of ether oxygens (including phenoxy) is 3. The van der Waals surface area contributed by atoms with Gasteiger partial charge in [0.05, 0.1) is 24.9 Å². The van der Waals surface area contributed by atoms with Gasteiger partial charge in [0.2, 0.25) is 0 Å². The van der Waals surface area contributed by atoms with Crippen LogP contribution in [0.1, 0.15) is 27.2 Å². The molecule has 0 spiro atoms. The Balaban J connectivity index is 1.58. The number of methoxy groups -OCH3 is 1. The molecular formula is C25H26ClF3N4O4. The lowest BCUT2D eigenvalue weighted by Gasteiger charge is -2.35. The van der Waals surface area contributed by atoms with E-state index >= 15 is 4.39 Å². The molecule has 3 aromatic rings. The number of aromatic nitrogens is 2. The van der Waals surface area contributed by atoms with E-state index in [1.165, 1.54) is 24.4 Å². The Hall–Kier alpha value is -3.47. The second-order valence-electron chi connectivity index (χ2n) is 9.48. The SMILES string of the molecule is COc1cc2ncnc(Nc3ccc(F)c(Cl)c3F)c2cc1OC1CCN(C(=O)OC(C)(C)C)CC1F. The zero-order valence-electron chi connectivity index (χ0n) is 20.6. The van der Waals surface area contributed by atoms with Crippen LogP contribution in [-0.4, -0.2) is 59.0 Å². The van der Waals surface area contributed by atoms with E-state index in [2.05, 4.69) is 15.3 Å². The van der Waals surface area contributed by atoms with Crippen molar-refractivity contribution < 1.29 is 32.2 Å². The highest BCUT2D eigenvalue weighted by Crippen LogP contribution is 2.37. The number of piperidine rings is 1. The van der Waals surface area contributed by atoms with Gasteiger partial charge in [-0.05, 0) is 39.0 Å². The first kappa shape index (κ1) is 26.6. The van der Waals surface area contributed by atoms with Gasteiger partial charge in [0.25, 0.3) is 0 Å². The fraction of sp³-hybridized carbons (Fsp3) is 0.400. The number of rotatable bonds is 5. The number of amides is 1. The number of fused-ring (bicyclic) bond motifs is 1. The van der Waals surface area contributed by atoms with E-state index in [-0.39, 0.29) is 36.8 Å². The summed E-state index contributed by atoms with van der Waals surface area (Å²) in [5, 5.41) is 2.56. The van der Waals surface area contributed by atoms with E-state index in [1.54, 1.807) is 32.9 Å². The number of carbonyl (C=O) groups excluding carboxylic acids is 1. The van der Waals surface area contributed by atoms with Crippen LogP contribution in [0.15, 0.2) is 30.6 Å². The van der Waals surface area contributed by atoms with Crippen molar-refractivity contribution in [3.63, 3.8) is 0 Å². The largest absolute Gasteiger partial charge is 0.493 e. The van der Waals surface area contributed by atoms with Crippen LogP contribution in [0.5, 0.6) is 11.5 Å². The van der Waals surface area contributed by atoms with Crippen molar-refractivity contribution in [1.29, 1.82) is 0 Å². The molecule has 37 heavy (non-hydrogen) atoms. The summed E-state index contributed by atoms with van der Waals surface area (Å²) in [5.41, 5.74) is -0.347. The Morgan fingerprint density at radius 1 is 1.19 bits per heavy atom. The molecule has 1 saturated heterocycles. The van der Waals surface area contributed by atoms with Crippen molar-refractivity contribution in [2.45, 2.75) is 45.1 Å². The van der Waals surface area contributed by atoms with Crippen LogP contribution in [0.4, 0.5) is 29.5 Å². The number of nitrogens with zero attached hydrogens (tertiary/aromatic N) is 3. The minimum absolute atomic E-state index is 0.0944. The molecular weight excluding hydrogens is 513 g/mol. The first-order chi connectivity index (χ1) is 17.5. The van der Waals surface area contributed by atoms with Crippen molar-refractivity contribution in [1.82, 2.24) is 14.9 Å². The summed E-state index contributed by atoms with van der Waals surface area (Å²) in [6.07, 6.45) is -1.45. The monoisotopic (exact) mass is 538 g/mol. The number of alkyl halides is 1. The number of anilines is 2. The van der Waals surface area contributed by atoms with E-state index in [0.29, 0.717) is 16.7 Å². The molecule has 1 amide bonds. The minimum Gasteiger partial charge on any atom is -0.493 e. The highest BCUT2D eigenvalue weighted by atomic mass is 35.5. The summed E-state index contributed by atoms with van der Waals surface area (Å²) in [6.45, 7) is 5.29. The Kier molecular flexibility index (Phi) is 7.54. The first-order valence-electron chi connectivity index (χ1n) is 11.5. The molecule has 0 aliphatic carbocycles. The molecule has 2 unspecified atom stereocenters. The van der Waals surface area contributed by atoms with Gasteiger partial charge in [0.1, 0.15) is 34.7 Å². The van der Waals surface area contributed by atoms with Crippen molar-refractivity contribution >= 4 is 40.1 Å². The molecule has 0 radical (unpaired) electrons. The number of benzene rings is 2.